The van der Waals surface area contributed by atoms with Gasteiger partial charge in [0.1, 0.15) is 10.7 Å². The lowest BCUT2D eigenvalue weighted by Crippen LogP contribution is -2.40. The van der Waals surface area contributed by atoms with E-state index >= 15 is 0 Å². The number of rotatable bonds is 18. The van der Waals surface area contributed by atoms with Crippen molar-refractivity contribution in [2.75, 3.05) is 63.5 Å². The van der Waals surface area contributed by atoms with Gasteiger partial charge in [-0.2, -0.15) is 23.1 Å². The Kier molecular flexibility index (Phi) is 22.3. The van der Waals surface area contributed by atoms with Crippen molar-refractivity contribution in [3.05, 3.63) is 90.2 Å². The van der Waals surface area contributed by atoms with E-state index < -0.39 is 61.2 Å². The van der Waals surface area contributed by atoms with Gasteiger partial charge in [-0.05, 0) is 56.3 Å². The monoisotopic (exact) mass is 1020 g/mol. The number of methoxy groups -OCH3 is 2. The Balaban J connectivity index is 0.000000379. The van der Waals surface area contributed by atoms with Crippen molar-refractivity contribution in [3.63, 3.8) is 0 Å². The zero-order chi connectivity index (χ0) is 50.6. The first-order valence-corrected chi connectivity index (χ1v) is 21.9. The molecule has 67 heavy (non-hydrogen) atoms. The second kappa shape index (κ2) is 26.5. The number of alkyl halides is 5. The summed E-state index contributed by atoms with van der Waals surface area (Å²) in [7, 11) is 0.991. The number of hydrogen-bond donors (Lipinski definition) is 3. The van der Waals surface area contributed by atoms with Gasteiger partial charge in [0.15, 0.2) is 11.4 Å². The molecule has 0 radical (unpaired) electrons. The number of anilines is 3. The maximum absolute atomic E-state index is 13.0. The molecule has 20 nitrogen and oxygen atoms in total. The molecule has 28 heteroatoms. The highest BCUT2D eigenvalue weighted by molar-refractivity contribution is 7.90. The Morgan fingerprint density at radius 1 is 0.925 bits per heavy atom. The molecule has 0 aliphatic heterocycles. The minimum atomic E-state index is -4.61. The van der Waals surface area contributed by atoms with Gasteiger partial charge in [0.2, 0.25) is 29.1 Å². The molecule has 4 aromatic rings. The predicted octanol–water partition coefficient (Wildman–Crippen LogP) is 5.78. The maximum Gasteiger partial charge on any atom is 0.445 e. The first-order chi connectivity index (χ1) is 31.4. The van der Waals surface area contributed by atoms with Crippen molar-refractivity contribution in [3.8, 4) is 17.0 Å². The number of halogens is 6. The van der Waals surface area contributed by atoms with Crippen molar-refractivity contribution in [1.82, 2.24) is 34.7 Å². The average molecular weight is 1020 g/mol. The summed E-state index contributed by atoms with van der Waals surface area (Å²) in [6.07, 6.45) is -1.05. The molecule has 2 aromatic heterocycles. The lowest BCUT2D eigenvalue weighted by molar-refractivity contribution is -0.138. The predicted molar refractivity (Wildman–Crippen MR) is 241 cm³/mol. The first-order valence-electron chi connectivity index (χ1n) is 18.7. The summed E-state index contributed by atoms with van der Waals surface area (Å²) < 4.78 is 92.6. The number of urea groups is 1. The first kappa shape index (κ1) is 56.5. The number of carbonyl (C=O) groups is 5. The SMILES string of the molecule is C=CCN(CC=C)C(=O)C(Cl)Cl.CC(C)N(C(=O)COc1nnc(C(F)(F)F)s1)c1ccc(F)cc1.COc1cc(OC)nc(NC(=O)NS(=O)(=O)c2cc(NC=O)ccc2C(=O)N(C)C)n1. The van der Waals surface area contributed by atoms with Crippen LogP contribution in [0.5, 0.6) is 17.0 Å². The molecule has 0 fully saturated rings. The molecular formula is C39H44Cl2F4N10O10S2. The molecule has 0 aliphatic rings. The molecule has 364 valence electrons. The van der Waals surface area contributed by atoms with Crippen LogP contribution in [0.4, 0.5) is 39.7 Å². The fourth-order valence-electron chi connectivity index (χ4n) is 4.90. The number of aromatic nitrogens is 4. The highest BCUT2D eigenvalue weighted by atomic mass is 35.5. The zero-order valence-corrected chi connectivity index (χ0v) is 39.5. The third kappa shape index (κ3) is 17.9. The van der Waals surface area contributed by atoms with E-state index in [-0.39, 0.29) is 57.4 Å². The molecule has 6 amide bonds. The van der Waals surface area contributed by atoms with Crippen molar-refractivity contribution in [1.29, 1.82) is 0 Å². The molecule has 0 bridgehead atoms. The van der Waals surface area contributed by atoms with Crippen LogP contribution in [0.3, 0.4) is 0 Å². The van der Waals surface area contributed by atoms with Crippen LogP contribution in [0, 0.1) is 5.82 Å². The van der Waals surface area contributed by atoms with Crippen molar-refractivity contribution < 1.29 is 64.2 Å². The van der Waals surface area contributed by atoms with Gasteiger partial charge in [-0.1, -0.05) is 51.8 Å². The molecule has 0 unspecified atom stereocenters. The van der Waals surface area contributed by atoms with Crippen molar-refractivity contribution in [2.24, 2.45) is 0 Å². The molecule has 0 saturated carbocycles. The van der Waals surface area contributed by atoms with Crippen molar-refractivity contribution >= 4 is 92.0 Å². The summed E-state index contributed by atoms with van der Waals surface area (Å²) in [4.78, 5) is 69.0. The number of benzene rings is 2. The van der Waals surface area contributed by atoms with Crippen LogP contribution in [0.1, 0.15) is 29.2 Å². The van der Waals surface area contributed by atoms with Crippen molar-refractivity contribution in [2.45, 2.75) is 35.8 Å². The van der Waals surface area contributed by atoms with Crippen LogP contribution in [-0.4, -0.2) is 127 Å². The average Bonchev–Trinajstić information content (AvgIpc) is 3.76. The third-order valence-electron chi connectivity index (χ3n) is 7.74. The third-order valence-corrected chi connectivity index (χ3v) is 10.4. The van der Waals surface area contributed by atoms with Crippen LogP contribution < -0.4 is 34.5 Å². The van der Waals surface area contributed by atoms with Crippen LogP contribution in [0.25, 0.3) is 0 Å². The molecule has 0 aliphatic carbocycles. The lowest BCUT2D eigenvalue weighted by Gasteiger charge is -2.26. The van der Waals surface area contributed by atoms with Gasteiger partial charge in [-0.3, -0.25) is 24.5 Å². The van der Waals surface area contributed by atoms with E-state index in [1.54, 1.807) is 30.7 Å². The second-order valence-electron chi connectivity index (χ2n) is 13.1. The Hall–Kier alpha value is -6.64. The Labute approximate surface area is 395 Å². The maximum atomic E-state index is 13.0. The smallest absolute Gasteiger partial charge is 0.445 e. The lowest BCUT2D eigenvalue weighted by atomic mass is 10.2. The van der Waals surface area contributed by atoms with Gasteiger partial charge in [0.05, 0.1) is 25.8 Å². The van der Waals surface area contributed by atoms with Crippen LogP contribution in [0.15, 0.2) is 78.7 Å². The fourth-order valence-corrected chi connectivity index (χ4v) is 6.88. The minimum absolute atomic E-state index is 0.0662. The number of sulfonamides is 1. The number of nitrogens with zero attached hydrogens (tertiary/aromatic N) is 7. The van der Waals surface area contributed by atoms with E-state index in [2.05, 4.69) is 44.0 Å². The highest BCUT2D eigenvalue weighted by Gasteiger charge is 2.36. The number of carbonyl (C=O) groups excluding carboxylic acids is 5. The molecule has 2 aromatic carbocycles. The number of amides is 6. The molecule has 2 heterocycles. The Bertz CT molecular complexity index is 2430. The Morgan fingerprint density at radius 3 is 1.97 bits per heavy atom. The molecule has 0 atom stereocenters. The minimum Gasteiger partial charge on any atom is -0.481 e. The summed E-state index contributed by atoms with van der Waals surface area (Å²) in [5.74, 6) is -2.05. The summed E-state index contributed by atoms with van der Waals surface area (Å²) >= 11 is 11.0. The second-order valence-corrected chi connectivity index (χ2v) is 16.8. The zero-order valence-electron chi connectivity index (χ0n) is 36.3. The number of nitrogens with one attached hydrogen (secondary N) is 3. The summed E-state index contributed by atoms with van der Waals surface area (Å²) in [5, 5.41) is 9.15. The fraction of sp³-hybridized carbons (Fsp3) is 0.308. The normalized spacial score (nSPS) is 10.8. The van der Waals surface area contributed by atoms with Gasteiger partial charge >= 0.3 is 12.2 Å². The van der Waals surface area contributed by atoms with E-state index in [1.807, 2.05) is 0 Å². The van der Waals surface area contributed by atoms with E-state index in [0.29, 0.717) is 25.2 Å². The summed E-state index contributed by atoms with van der Waals surface area (Å²) in [5.41, 5.74) is 0.348. The largest absolute Gasteiger partial charge is 0.481 e. The number of ether oxygens (including phenoxy) is 3. The van der Waals surface area contributed by atoms with Gasteiger partial charge in [0, 0.05) is 44.6 Å². The Morgan fingerprint density at radius 2 is 1.51 bits per heavy atom. The van der Waals surface area contributed by atoms with Crippen LogP contribution >= 0.6 is 34.5 Å². The topological polar surface area (TPSA) is 245 Å². The quantitative estimate of drug-likeness (QED) is 0.0463. The standard InChI is InChI=1S/C17H20N6O7S.C14H13F4N3O2S.C8H11Cl2NO/c1-23(2)15(25)11-6-5-10(18-9-24)7-12(11)31(27,28)22-17(26)21-16-19-13(29-3)8-14(20-16)30-4;1-8(2)21(10-5-3-9(15)4-6-10)11(22)7-23-13-20-19-12(24-13)14(16,17)18;1-3-5-11(6-4-2)8(12)7(9)10/h5-9H,1-4H3,(H,18,24)(H2,19,20,21,22,26);3-6,8H,7H2,1-2H3;3-4,7H,1-2,5-6H2. The molecule has 3 N–H and O–H groups in total. The van der Waals surface area contributed by atoms with Crippen LogP contribution in [0.2, 0.25) is 0 Å². The van der Waals surface area contributed by atoms with Gasteiger partial charge < -0.3 is 34.2 Å². The highest BCUT2D eigenvalue weighted by Crippen LogP contribution is 2.34. The molecular weight excluding hydrogens is 980 g/mol. The summed E-state index contributed by atoms with van der Waals surface area (Å²) in [6, 6.07) is 8.78. The van der Waals surface area contributed by atoms with E-state index in [9.17, 15) is 50.0 Å². The van der Waals surface area contributed by atoms with Gasteiger partial charge in [-0.25, -0.2) is 22.3 Å². The van der Waals surface area contributed by atoms with Gasteiger partial charge in [0.25, 0.3) is 32.9 Å². The van der Waals surface area contributed by atoms with E-state index in [0.717, 1.165) is 11.0 Å². The summed E-state index contributed by atoms with van der Waals surface area (Å²) in [6.45, 7) is 10.9. The molecule has 0 saturated heterocycles. The number of hydrogen-bond acceptors (Lipinski definition) is 15. The van der Waals surface area contributed by atoms with Gasteiger partial charge in [-0.15, -0.1) is 18.3 Å². The molecule has 4 rings (SSSR count). The van der Waals surface area contributed by atoms with E-state index in [4.69, 9.17) is 37.4 Å². The van der Waals surface area contributed by atoms with E-state index in [1.165, 1.54) is 80.6 Å². The molecule has 0 spiro atoms. The van der Waals surface area contributed by atoms with Crippen LogP contribution in [-0.2, 0) is 30.6 Å².